The number of hydrogen-bond acceptors (Lipinski definition) is 4. The standard InChI is InChI=1S/2C6H5.2C2H4O.2CH4O.Y/c2*1-2-4-6-5-3-1;2*1-2-3;2*1-2;/h2*1-5H;2*2H,1H3;2*2H,1H3;/q2*-1;;;;;. The number of aldehydes is 2. The Labute approximate surface area is 165 Å². The molecule has 0 amide bonds. The first-order chi connectivity index (χ1) is 10.8. The fourth-order valence-corrected chi connectivity index (χ4v) is 0.684. The van der Waals surface area contributed by atoms with E-state index in [4.69, 9.17) is 19.8 Å². The van der Waals surface area contributed by atoms with Gasteiger partial charge in [0.1, 0.15) is 12.6 Å². The summed E-state index contributed by atoms with van der Waals surface area (Å²) in [5, 5.41) is 14.0. The normalized spacial score (nSPS) is 5.83. The van der Waals surface area contributed by atoms with E-state index in [2.05, 4.69) is 12.1 Å². The Hall–Kier alpha value is -1.20. The fraction of sp³-hybridized carbons (Fsp3) is 0.222. The molecule has 0 aliphatic heterocycles. The van der Waals surface area contributed by atoms with E-state index in [1.807, 2.05) is 60.7 Å². The Bertz CT molecular complexity index is 265. The summed E-state index contributed by atoms with van der Waals surface area (Å²) in [4.78, 5) is 17.6. The molecular weight excluding hydrogens is 369 g/mol. The summed E-state index contributed by atoms with van der Waals surface area (Å²) >= 11 is 0. The van der Waals surface area contributed by atoms with Gasteiger partial charge in [-0.15, -0.1) is 0 Å². The molecule has 0 spiro atoms. The van der Waals surface area contributed by atoms with Gasteiger partial charge < -0.3 is 19.8 Å². The minimum atomic E-state index is 0. The van der Waals surface area contributed by atoms with Crippen LogP contribution in [0.15, 0.2) is 60.7 Å². The van der Waals surface area contributed by atoms with Crippen molar-refractivity contribution < 1.29 is 52.5 Å². The van der Waals surface area contributed by atoms with Gasteiger partial charge in [0.25, 0.3) is 0 Å². The van der Waals surface area contributed by atoms with Crippen molar-refractivity contribution in [1.82, 2.24) is 0 Å². The van der Waals surface area contributed by atoms with Crippen molar-refractivity contribution in [2.45, 2.75) is 13.8 Å². The van der Waals surface area contributed by atoms with E-state index in [0.29, 0.717) is 0 Å². The molecule has 0 aliphatic rings. The van der Waals surface area contributed by atoms with Gasteiger partial charge >= 0.3 is 0 Å². The molecule has 23 heavy (non-hydrogen) atoms. The first-order valence-electron chi connectivity index (χ1n) is 6.34. The van der Waals surface area contributed by atoms with Gasteiger partial charge in [-0.2, -0.15) is 72.8 Å². The predicted molar refractivity (Wildman–Crippen MR) is 90.3 cm³/mol. The van der Waals surface area contributed by atoms with Gasteiger partial charge in [-0.3, -0.25) is 0 Å². The van der Waals surface area contributed by atoms with Gasteiger partial charge in [0.05, 0.1) is 0 Å². The topological polar surface area (TPSA) is 74.6 Å². The number of hydrogen-bond donors (Lipinski definition) is 2. The van der Waals surface area contributed by atoms with Crippen LogP contribution in [0.25, 0.3) is 0 Å². The number of aliphatic hydroxyl groups excluding tert-OH is 2. The van der Waals surface area contributed by atoms with Crippen LogP contribution in [0.3, 0.4) is 0 Å². The maximum absolute atomic E-state index is 8.81. The van der Waals surface area contributed by atoms with Crippen LogP contribution in [0.4, 0.5) is 0 Å². The van der Waals surface area contributed by atoms with Crippen LogP contribution in [0, 0.1) is 12.1 Å². The van der Waals surface area contributed by atoms with E-state index in [9.17, 15) is 0 Å². The molecule has 5 heteroatoms. The van der Waals surface area contributed by atoms with Gasteiger partial charge in [-0.05, 0) is 13.8 Å². The van der Waals surface area contributed by atoms with Gasteiger partial charge in [0, 0.05) is 46.9 Å². The Morgan fingerprint density at radius 1 is 0.609 bits per heavy atom. The van der Waals surface area contributed by atoms with Crippen molar-refractivity contribution in [3.63, 3.8) is 0 Å². The van der Waals surface area contributed by atoms with Gasteiger partial charge in [-0.1, -0.05) is 0 Å². The molecule has 0 atom stereocenters. The van der Waals surface area contributed by atoms with Crippen LogP contribution in [0.1, 0.15) is 13.8 Å². The largest absolute Gasteiger partial charge is 0.400 e. The molecule has 0 aromatic heterocycles. The van der Waals surface area contributed by atoms with Gasteiger partial charge in [0.2, 0.25) is 0 Å². The third-order valence-electron chi connectivity index (χ3n) is 1.21. The molecule has 2 rings (SSSR count). The molecule has 0 saturated heterocycles. The SMILES string of the molecule is CC=O.CC=O.CO.CO.[Y].[c-]1ccccc1.[c-]1ccccc1. The summed E-state index contributed by atoms with van der Waals surface area (Å²) < 4.78 is 0. The van der Waals surface area contributed by atoms with Crippen LogP contribution in [-0.2, 0) is 42.3 Å². The van der Waals surface area contributed by atoms with Crippen LogP contribution >= 0.6 is 0 Å². The molecule has 0 heterocycles. The zero-order valence-electron chi connectivity index (χ0n) is 14.2. The average molecular weight is 395 g/mol. The summed E-state index contributed by atoms with van der Waals surface area (Å²) in [6.07, 6.45) is 1.50. The monoisotopic (exact) mass is 395 g/mol. The molecule has 2 aromatic carbocycles. The molecule has 0 saturated carbocycles. The fourth-order valence-electron chi connectivity index (χ4n) is 0.684. The number of rotatable bonds is 0. The number of carbonyl (C=O) groups excluding carboxylic acids is 2. The summed E-state index contributed by atoms with van der Waals surface area (Å²) in [6, 6.07) is 25.0. The summed E-state index contributed by atoms with van der Waals surface area (Å²) in [5.41, 5.74) is 0. The maximum Gasteiger partial charge on any atom is 0.116 e. The third kappa shape index (κ3) is 63.0. The summed E-state index contributed by atoms with van der Waals surface area (Å²) in [7, 11) is 2.00. The zero-order valence-corrected chi connectivity index (χ0v) is 17.1. The van der Waals surface area contributed by atoms with Crippen molar-refractivity contribution in [1.29, 1.82) is 0 Å². The van der Waals surface area contributed by atoms with Crippen molar-refractivity contribution in [3.05, 3.63) is 72.8 Å². The van der Waals surface area contributed by atoms with E-state index in [1.54, 1.807) is 0 Å². The van der Waals surface area contributed by atoms with Crippen molar-refractivity contribution in [2.75, 3.05) is 14.2 Å². The molecular formula is C18H26O4Y-2. The van der Waals surface area contributed by atoms with Crippen LogP contribution < -0.4 is 0 Å². The molecule has 4 nitrogen and oxygen atoms in total. The third-order valence-corrected chi connectivity index (χ3v) is 1.21. The molecule has 0 unspecified atom stereocenters. The molecule has 127 valence electrons. The summed E-state index contributed by atoms with van der Waals surface area (Å²) in [6.45, 7) is 2.89. The molecule has 2 N–H and O–H groups in total. The summed E-state index contributed by atoms with van der Waals surface area (Å²) in [5.74, 6) is 0. The minimum Gasteiger partial charge on any atom is -0.400 e. The molecule has 0 fully saturated rings. The van der Waals surface area contributed by atoms with E-state index in [-0.39, 0.29) is 32.7 Å². The number of benzene rings is 2. The second-order valence-corrected chi connectivity index (χ2v) is 2.63. The first-order valence-corrected chi connectivity index (χ1v) is 6.34. The molecule has 1 radical (unpaired) electrons. The molecule has 2 aromatic rings. The smallest absolute Gasteiger partial charge is 0.116 e. The van der Waals surface area contributed by atoms with E-state index < -0.39 is 0 Å². The quantitative estimate of drug-likeness (QED) is 0.531. The predicted octanol–water partition coefficient (Wildman–Crippen LogP) is 2.60. The molecule has 0 aliphatic carbocycles. The van der Waals surface area contributed by atoms with Crippen LogP contribution in [0.2, 0.25) is 0 Å². The Morgan fingerprint density at radius 2 is 0.783 bits per heavy atom. The van der Waals surface area contributed by atoms with Crippen LogP contribution in [0.5, 0.6) is 0 Å². The first kappa shape index (κ1) is 33.4. The van der Waals surface area contributed by atoms with E-state index in [0.717, 1.165) is 26.8 Å². The zero-order chi connectivity index (χ0) is 17.9. The van der Waals surface area contributed by atoms with Crippen molar-refractivity contribution in [3.8, 4) is 0 Å². The molecule has 0 bridgehead atoms. The van der Waals surface area contributed by atoms with Gasteiger partial charge in [0.15, 0.2) is 0 Å². The Morgan fingerprint density at radius 3 is 0.826 bits per heavy atom. The minimum absolute atomic E-state index is 0. The Balaban J connectivity index is -0.0000000601. The second-order valence-electron chi connectivity index (χ2n) is 2.63. The Kier molecular flexibility index (Phi) is 72.3. The van der Waals surface area contributed by atoms with E-state index in [1.165, 1.54) is 13.8 Å². The second kappa shape index (κ2) is 49.8. The van der Waals surface area contributed by atoms with Crippen LogP contribution in [-0.4, -0.2) is 37.0 Å². The maximum atomic E-state index is 8.81. The van der Waals surface area contributed by atoms with Crippen molar-refractivity contribution >= 4 is 12.6 Å². The average Bonchev–Trinajstić information content (AvgIpc) is 2.63. The van der Waals surface area contributed by atoms with Crippen molar-refractivity contribution in [2.24, 2.45) is 0 Å². The number of carbonyl (C=O) groups is 2. The van der Waals surface area contributed by atoms with Gasteiger partial charge in [-0.25, -0.2) is 0 Å². The number of aliphatic hydroxyl groups is 2. The van der Waals surface area contributed by atoms with E-state index >= 15 is 0 Å².